The normalized spacial score (nSPS) is 19.8. The molecule has 0 amide bonds. The van der Waals surface area contributed by atoms with Gasteiger partial charge in [0.2, 0.25) is 0 Å². The molecule has 1 aromatic carbocycles. The predicted octanol–water partition coefficient (Wildman–Crippen LogP) is 2.11. The van der Waals surface area contributed by atoms with E-state index in [9.17, 15) is 4.79 Å². The van der Waals surface area contributed by atoms with Gasteiger partial charge in [0.15, 0.2) is 0 Å². The minimum atomic E-state index is -0.312. The number of rotatable bonds is 1. The average molecular weight is 249 g/mol. The second-order valence-electron chi connectivity index (χ2n) is 4.24. The van der Waals surface area contributed by atoms with Crippen LogP contribution in [0.1, 0.15) is 1.43 Å². The quantitative estimate of drug-likeness (QED) is 0.775. The van der Waals surface area contributed by atoms with E-state index in [-0.39, 0.29) is 7.05 Å². The minimum absolute atomic E-state index is 0. The van der Waals surface area contributed by atoms with E-state index in [1.807, 2.05) is 66.8 Å². The molecule has 0 bridgehead atoms. The van der Waals surface area contributed by atoms with Crippen LogP contribution in [0.25, 0.3) is 23.3 Å². The van der Waals surface area contributed by atoms with Crippen molar-refractivity contribution in [2.24, 2.45) is 0 Å². The molecular weight excluding hydrogens is 236 g/mol. The Morgan fingerprint density at radius 2 is 1.63 bits per heavy atom. The summed E-state index contributed by atoms with van der Waals surface area (Å²) in [4.78, 5) is 12.0. The van der Waals surface area contributed by atoms with Crippen LogP contribution < -0.4 is 16.3 Å². The van der Waals surface area contributed by atoms with Gasteiger partial charge >= 0.3 is 7.05 Å². The van der Waals surface area contributed by atoms with E-state index >= 15 is 0 Å². The second kappa shape index (κ2) is 4.94. The monoisotopic (exact) mass is 249 g/mol. The van der Waals surface area contributed by atoms with Gasteiger partial charge in [-0.15, -0.1) is 0 Å². The van der Waals surface area contributed by atoms with Gasteiger partial charge in [-0.2, -0.15) is 0 Å². The van der Waals surface area contributed by atoms with Gasteiger partial charge in [-0.3, -0.25) is 0 Å². The highest BCUT2D eigenvalue weighted by atomic mass is 16.4. The molecule has 2 nitrogen and oxygen atoms in total. The van der Waals surface area contributed by atoms with E-state index < -0.39 is 0 Å². The van der Waals surface area contributed by atoms with Crippen LogP contribution in [-0.2, 0) is 0 Å². The molecule has 19 heavy (non-hydrogen) atoms. The van der Waals surface area contributed by atoms with Crippen molar-refractivity contribution in [2.45, 2.75) is 0 Å². The van der Waals surface area contributed by atoms with Crippen molar-refractivity contribution in [3.63, 3.8) is 0 Å². The fourth-order valence-electron chi connectivity index (χ4n) is 2.01. The summed E-state index contributed by atoms with van der Waals surface area (Å²) in [7, 11) is 0. The molecule has 0 fully saturated rings. The van der Waals surface area contributed by atoms with E-state index in [1.165, 1.54) is 0 Å². The zero-order valence-corrected chi connectivity index (χ0v) is 10.2. The van der Waals surface area contributed by atoms with Gasteiger partial charge in [0.1, 0.15) is 5.42 Å². The Hall–Kier alpha value is -2.61. The Bertz CT molecular complexity index is 828. The van der Waals surface area contributed by atoms with Crippen molar-refractivity contribution < 1.29 is 5.84 Å². The highest BCUT2D eigenvalue weighted by Crippen LogP contribution is 2.11. The van der Waals surface area contributed by atoms with Crippen molar-refractivity contribution in [1.82, 2.24) is 0 Å². The zero-order valence-electron chi connectivity index (χ0n) is 11.2. The third kappa shape index (κ3) is 2.33. The third-order valence-corrected chi connectivity index (χ3v) is 2.95. The molecule has 0 radical (unpaired) electrons. The zero-order chi connectivity index (χ0) is 13.1. The maximum absolute atomic E-state index is 12.0. The molecule has 1 aromatic heterocycles. The second-order valence-corrected chi connectivity index (χ2v) is 4.24. The smallest absolute Gasteiger partial charge is 0.422 e. The number of fused-ring (bicyclic) bond motifs is 1. The molecule has 1 heterocycles. The van der Waals surface area contributed by atoms with Gasteiger partial charge in [-0.1, -0.05) is 60.7 Å². The van der Waals surface area contributed by atoms with Gasteiger partial charge < -0.3 is 4.42 Å². The molecule has 0 saturated carbocycles. The Balaban J connectivity index is 0.00000147. The summed E-state index contributed by atoms with van der Waals surface area (Å²) in [5.41, 5.74) is 1.73. The first-order chi connectivity index (χ1) is 9.34. The summed E-state index contributed by atoms with van der Waals surface area (Å²) >= 11 is 0. The molecule has 1 aliphatic rings. The highest BCUT2D eigenvalue weighted by molar-refractivity contribution is 5.62. The number of hydrogen-bond acceptors (Lipinski definition) is 2. The van der Waals surface area contributed by atoms with Crippen molar-refractivity contribution in [3.05, 3.63) is 81.8 Å². The van der Waals surface area contributed by atoms with Crippen LogP contribution >= 0.6 is 0 Å². The minimum Gasteiger partial charge on any atom is -0.422 e. The lowest BCUT2D eigenvalue weighted by molar-refractivity contribution is 0.476. The molecular formula is C17H13O2+. The summed E-state index contributed by atoms with van der Waals surface area (Å²) in [6, 6.07) is 11.4. The number of benzene rings is 1. The van der Waals surface area contributed by atoms with Crippen LogP contribution in [0.5, 0.6) is 0 Å². The first-order valence-corrected chi connectivity index (χ1v) is 6.09. The molecule has 1 aliphatic carbocycles. The third-order valence-electron chi connectivity index (χ3n) is 2.95. The first kappa shape index (κ1) is 11.5. The highest BCUT2D eigenvalue weighted by Gasteiger charge is 2.04. The molecule has 0 saturated heterocycles. The maximum atomic E-state index is 12.0. The molecule has 2 heteroatoms. The number of hydrogen-bond donors (Lipinski definition) is 0. The molecule has 0 atom stereocenters. The summed E-state index contributed by atoms with van der Waals surface area (Å²) < 4.78 is 5.39. The summed E-state index contributed by atoms with van der Waals surface area (Å²) in [6.45, 7) is 0. The van der Waals surface area contributed by atoms with E-state index in [0.717, 1.165) is 10.8 Å². The standard InChI is InChI=1S/C17H12O2/c18-17-15(13-8-5-3-6-9-13)12-14-10-4-1-2-7-11-16(14)19-17/h1-12H/p+1/b2-1?,4-1-,7-2-,10-4?,11-7?,14-10-,16-11+. The largest absolute Gasteiger partial charge is 1.00 e. The predicted molar refractivity (Wildman–Crippen MR) is 78.0 cm³/mol. The lowest BCUT2D eigenvalue weighted by atomic mass is 10.1. The fraction of sp³-hybridized carbons (Fsp3) is 0. The van der Waals surface area contributed by atoms with Crippen LogP contribution in [-0.4, -0.2) is 0 Å². The van der Waals surface area contributed by atoms with Gasteiger partial charge in [-0.05, 0) is 17.7 Å². The van der Waals surface area contributed by atoms with Crippen molar-refractivity contribution in [2.75, 3.05) is 0 Å². The van der Waals surface area contributed by atoms with Gasteiger partial charge in [-0.25, -0.2) is 4.79 Å². The average Bonchev–Trinajstić information content (AvgIpc) is 2.42. The Morgan fingerprint density at radius 1 is 0.895 bits per heavy atom. The molecule has 0 N–H and O–H groups in total. The first-order valence-electron chi connectivity index (χ1n) is 6.09. The van der Waals surface area contributed by atoms with Gasteiger partial charge in [0.05, 0.1) is 5.56 Å². The molecule has 0 spiro atoms. The van der Waals surface area contributed by atoms with E-state index in [1.54, 1.807) is 6.08 Å². The van der Waals surface area contributed by atoms with E-state index in [0.29, 0.717) is 11.0 Å². The molecule has 2 aromatic rings. The Labute approximate surface area is 111 Å². The SMILES string of the molecule is O=c1oc2/c(cc1-c1ccccc1)=C\C=C/C=C\C=2.[H+]. The lowest BCUT2D eigenvalue weighted by Gasteiger charge is -2.00. The van der Waals surface area contributed by atoms with Crippen molar-refractivity contribution in [3.8, 4) is 11.1 Å². The van der Waals surface area contributed by atoms with Crippen molar-refractivity contribution in [1.29, 1.82) is 0 Å². The van der Waals surface area contributed by atoms with Crippen LogP contribution in [0.3, 0.4) is 0 Å². The molecule has 3 rings (SSSR count). The summed E-state index contributed by atoms with van der Waals surface area (Å²) in [5.74, 6) is 0. The molecule has 0 aliphatic heterocycles. The molecule has 92 valence electrons. The molecule has 0 unspecified atom stereocenters. The topological polar surface area (TPSA) is 30.2 Å². The maximum Gasteiger partial charge on any atom is 1.00 e. The van der Waals surface area contributed by atoms with Crippen LogP contribution in [0.2, 0.25) is 0 Å². The van der Waals surface area contributed by atoms with Gasteiger partial charge in [0, 0.05) is 5.22 Å². The van der Waals surface area contributed by atoms with Gasteiger partial charge in [0.25, 0.3) is 0 Å². The van der Waals surface area contributed by atoms with Crippen LogP contribution in [0.15, 0.2) is 69.9 Å². The lowest BCUT2D eigenvalue weighted by Crippen LogP contribution is -2.29. The fourth-order valence-corrected chi connectivity index (χ4v) is 2.01. The van der Waals surface area contributed by atoms with E-state index in [4.69, 9.17) is 4.42 Å². The van der Waals surface area contributed by atoms with E-state index in [2.05, 4.69) is 0 Å². The van der Waals surface area contributed by atoms with Crippen molar-refractivity contribution >= 4 is 12.2 Å². The Morgan fingerprint density at radius 3 is 2.42 bits per heavy atom. The Kier molecular flexibility index (Phi) is 2.99. The van der Waals surface area contributed by atoms with Crippen LogP contribution in [0, 0.1) is 0 Å². The van der Waals surface area contributed by atoms with Crippen LogP contribution in [0.4, 0.5) is 0 Å². The number of allylic oxidation sites excluding steroid dienone is 4. The summed E-state index contributed by atoms with van der Waals surface area (Å²) in [6.07, 6.45) is 11.3. The summed E-state index contributed by atoms with van der Waals surface area (Å²) in [5, 5.41) is 0.902.